The van der Waals surface area contributed by atoms with Crippen LogP contribution in [0, 0.1) is 35.0 Å². The zero-order chi connectivity index (χ0) is 27.7. The normalized spacial score (nSPS) is 17.9. The van der Waals surface area contributed by atoms with Gasteiger partial charge in [-0.15, -0.1) is 6.58 Å². The van der Waals surface area contributed by atoms with Crippen LogP contribution in [0.2, 0.25) is 0 Å². The first-order chi connectivity index (χ1) is 18.2. The quantitative estimate of drug-likeness (QED) is 0.325. The number of ether oxygens (including phenoxy) is 2. The smallest absolute Gasteiger partial charge is 0.337 e. The van der Waals surface area contributed by atoms with Crippen molar-refractivity contribution in [2.24, 2.45) is 5.41 Å². The monoisotopic (exact) mass is 527 g/mol. The number of rotatable bonds is 6. The van der Waals surface area contributed by atoms with E-state index in [1.807, 2.05) is 6.92 Å². The minimum Gasteiger partial charge on any atom is -0.497 e. The van der Waals surface area contributed by atoms with E-state index in [-0.39, 0.29) is 16.1 Å². The van der Waals surface area contributed by atoms with E-state index >= 15 is 0 Å². The van der Waals surface area contributed by atoms with Gasteiger partial charge < -0.3 is 9.47 Å². The summed E-state index contributed by atoms with van der Waals surface area (Å²) in [4.78, 5) is 12.0. The number of fused-ring (bicyclic) bond motifs is 1. The molecule has 0 aliphatic carbocycles. The summed E-state index contributed by atoms with van der Waals surface area (Å²) >= 11 is 0. The van der Waals surface area contributed by atoms with Crippen molar-refractivity contribution in [3.05, 3.63) is 102 Å². The molecule has 38 heavy (non-hydrogen) atoms. The lowest BCUT2D eigenvalue weighted by Gasteiger charge is -2.47. The van der Waals surface area contributed by atoms with Crippen LogP contribution in [0.25, 0.3) is 0 Å². The van der Waals surface area contributed by atoms with Gasteiger partial charge in [-0.3, -0.25) is 4.31 Å². The van der Waals surface area contributed by atoms with Crippen molar-refractivity contribution in [1.29, 1.82) is 10.5 Å². The highest BCUT2D eigenvalue weighted by atomic mass is 32.2. The minimum atomic E-state index is -4.32. The number of nitriles is 2. The number of benzene rings is 3. The fourth-order valence-electron chi connectivity index (χ4n) is 4.85. The van der Waals surface area contributed by atoms with Crippen LogP contribution in [-0.4, -0.2) is 28.6 Å². The Bertz CT molecular complexity index is 1570. The predicted molar refractivity (Wildman–Crippen MR) is 141 cm³/mol. The molecule has 1 aliphatic heterocycles. The molecule has 0 amide bonds. The van der Waals surface area contributed by atoms with Crippen LogP contribution in [0.4, 0.5) is 5.69 Å². The zero-order valence-corrected chi connectivity index (χ0v) is 21.9. The summed E-state index contributed by atoms with van der Waals surface area (Å²) in [5.41, 5.74) is 0.266. The number of hydrogen-bond donors (Lipinski definition) is 0. The lowest BCUT2D eigenvalue weighted by atomic mass is 9.64. The molecule has 8 nitrogen and oxygen atoms in total. The number of anilines is 1. The number of carbonyl (C=O) groups excluding carboxylic acids is 1. The van der Waals surface area contributed by atoms with Crippen LogP contribution in [-0.2, 0) is 14.8 Å². The number of aryl methyl sites for hydroxylation is 1. The number of esters is 1. The highest BCUT2D eigenvalue weighted by Crippen LogP contribution is 2.58. The summed E-state index contributed by atoms with van der Waals surface area (Å²) in [5.74, 6) is -1.01. The molecule has 1 aliphatic rings. The van der Waals surface area contributed by atoms with E-state index in [9.17, 15) is 23.7 Å². The molecule has 0 saturated heterocycles. The van der Waals surface area contributed by atoms with Gasteiger partial charge in [-0.25, -0.2) is 13.2 Å². The van der Waals surface area contributed by atoms with Crippen molar-refractivity contribution in [3.63, 3.8) is 0 Å². The van der Waals surface area contributed by atoms with E-state index in [4.69, 9.17) is 9.47 Å². The Hall–Kier alpha value is -4.60. The number of nitrogens with zero attached hydrogens (tertiary/aromatic N) is 3. The largest absolute Gasteiger partial charge is 0.497 e. The van der Waals surface area contributed by atoms with E-state index < -0.39 is 33.4 Å². The van der Waals surface area contributed by atoms with Gasteiger partial charge in [0.2, 0.25) is 0 Å². The summed E-state index contributed by atoms with van der Waals surface area (Å²) in [6.07, 6.45) is 1.49. The van der Waals surface area contributed by atoms with Gasteiger partial charge in [0.15, 0.2) is 5.41 Å². The van der Waals surface area contributed by atoms with Gasteiger partial charge in [-0.1, -0.05) is 42.0 Å². The first-order valence-electron chi connectivity index (χ1n) is 11.6. The topological polar surface area (TPSA) is 120 Å². The van der Waals surface area contributed by atoms with Crippen molar-refractivity contribution in [2.45, 2.75) is 23.8 Å². The average molecular weight is 528 g/mol. The molecule has 0 radical (unpaired) electrons. The first kappa shape index (κ1) is 26.5. The third-order valence-electron chi connectivity index (χ3n) is 6.80. The standard InChI is InChI=1S/C29H25N3O5S/c1-5-25-24-15-12-22(36-3)16-26(24)32(38(34,35)23-13-6-19(2)7-14-23)27(29(25,17-30)18-31)20-8-10-21(11-9-20)28(33)37-4/h5-16,25,27H,1H2,2-4H3/t25-,27-/m1/s1. The highest BCUT2D eigenvalue weighted by molar-refractivity contribution is 7.92. The SMILES string of the molecule is C=C[C@@H]1c2ccc(OC)cc2N(S(=O)(=O)c2ccc(C)cc2)[C@H](c2ccc(C(=O)OC)cc2)C1(C#N)C#N. The van der Waals surface area contributed by atoms with E-state index in [0.29, 0.717) is 16.9 Å². The number of methoxy groups -OCH3 is 2. The molecule has 0 bridgehead atoms. The molecule has 1 heterocycles. The van der Waals surface area contributed by atoms with Crippen molar-refractivity contribution in [3.8, 4) is 17.9 Å². The van der Waals surface area contributed by atoms with E-state index in [1.54, 1.807) is 30.3 Å². The van der Waals surface area contributed by atoms with Crippen LogP contribution < -0.4 is 9.04 Å². The van der Waals surface area contributed by atoms with Crippen molar-refractivity contribution < 1.29 is 22.7 Å². The van der Waals surface area contributed by atoms with Gasteiger partial charge in [-0.05, 0) is 48.4 Å². The average Bonchev–Trinajstić information content (AvgIpc) is 2.95. The molecule has 4 rings (SSSR count). The Kier molecular flexibility index (Phi) is 6.99. The molecule has 0 saturated carbocycles. The van der Waals surface area contributed by atoms with Crippen molar-refractivity contribution in [2.75, 3.05) is 18.5 Å². The van der Waals surface area contributed by atoms with Gasteiger partial charge in [0, 0.05) is 12.0 Å². The van der Waals surface area contributed by atoms with Crippen molar-refractivity contribution >= 4 is 21.7 Å². The van der Waals surface area contributed by atoms with E-state index in [0.717, 1.165) is 9.87 Å². The summed E-state index contributed by atoms with van der Waals surface area (Å²) in [5, 5.41) is 21.1. The zero-order valence-electron chi connectivity index (χ0n) is 21.1. The molecule has 3 aromatic rings. The van der Waals surface area contributed by atoms with Gasteiger partial charge in [0.25, 0.3) is 10.0 Å². The Morgan fingerprint density at radius 1 is 1.03 bits per heavy atom. The van der Waals surface area contributed by atoms with Crippen LogP contribution in [0.5, 0.6) is 5.75 Å². The van der Waals surface area contributed by atoms with Crippen LogP contribution in [0.15, 0.2) is 84.3 Å². The second-order valence-electron chi connectivity index (χ2n) is 8.86. The third-order valence-corrected chi connectivity index (χ3v) is 8.59. The fourth-order valence-corrected chi connectivity index (χ4v) is 6.54. The molecule has 3 aromatic carbocycles. The highest BCUT2D eigenvalue weighted by Gasteiger charge is 2.57. The molecule has 0 N–H and O–H groups in total. The Morgan fingerprint density at radius 3 is 2.18 bits per heavy atom. The van der Waals surface area contributed by atoms with Crippen LogP contribution >= 0.6 is 0 Å². The van der Waals surface area contributed by atoms with Crippen molar-refractivity contribution in [1.82, 2.24) is 0 Å². The number of hydrogen-bond acceptors (Lipinski definition) is 7. The summed E-state index contributed by atoms with van der Waals surface area (Å²) in [6.45, 7) is 5.73. The molecule has 0 aromatic heterocycles. The summed E-state index contributed by atoms with van der Waals surface area (Å²) in [7, 11) is -1.60. The lowest BCUT2D eigenvalue weighted by molar-refractivity contribution is 0.0600. The van der Waals surface area contributed by atoms with Crippen LogP contribution in [0.3, 0.4) is 0 Å². The van der Waals surface area contributed by atoms with Gasteiger partial charge in [0.05, 0.1) is 42.5 Å². The van der Waals surface area contributed by atoms with E-state index in [1.165, 1.54) is 56.7 Å². The maximum atomic E-state index is 14.3. The first-order valence-corrected chi connectivity index (χ1v) is 13.0. The number of allylic oxidation sites excluding steroid dienone is 1. The van der Waals surface area contributed by atoms with Crippen LogP contribution in [0.1, 0.15) is 39.0 Å². The Balaban J connectivity index is 2.11. The Morgan fingerprint density at radius 2 is 1.66 bits per heavy atom. The van der Waals surface area contributed by atoms with Gasteiger partial charge in [0.1, 0.15) is 11.8 Å². The molecular formula is C29H25N3O5S. The third kappa shape index (κ3) is 4.07. The molecule has 2 atom stereocenters. The van der Waals surface area contributed by atoms with E-state index in [2.05, 4.69) is 18.7 Å². The predicted octanol–water partition coefficient (Wildman–Crippen LogP) is 5.04. The molecule has 0 fully saturated rings. The second-order valence-corrected chi connectivity index (χ2v) is 10.7. The molecule has 0 spiro atoms. The van der Waals surface area contributed by atoms with Gasteiger partial charge in [-0.2, -0.15) is 10.5 Å². The molecular weight excluding hydrogens is 502 g/mol. The molecule has 0 unspecified atom stereocenters. The summed E-state index contributed by atoms with van der Waals surface area (Å²) in [6, 6.07) is 20.2. The maximum absolute atomic E-state index is 14.3. The fraction of sp³-hybridized carbons (Fsp3) is 0.207. The minimum absolute atomic E-state index is 0.00474. The maximum Gasteiger partial charge on any atom is 0.337 e. The molecule has 192 valence electrons. The molecule has 9 heteroatoms. The second kappa shape index (κ2) is 10.0. The number of sulfonamides is 1. The number of carbonyl (C=O) groups is 1. The summed E-state index contributed by atoms with van der Waals surface area (Å²) < 4.78 is 40.0. The Labute approximate surface area is 222 Å². The van der Waals surface area contributed by atoms with Gasteiger partial charge >= 0.3 is 5.97 Å². The lowest BCUT2D eigenvalue weighted by Crippen LogP contribution is -2.50.